The van der Waals surface area contributed by atoms with E-state index in [0.717, 1.165) is 5.52 Å². The zero-order valence-corrected chi connectivity index (χ0v) is 19.4. The van der Waals surface area contributed by atoms with E-state index in [2.05, 4.69) is 119 Å². The van der Waals surface area contributed by atoms with E-state index in [1.54, 1.807) is 0 Å². The van der Waals surface area contributed by atoms with Crippen molar-refractivity contribution in [2.75, 3.05) is 0 Å². The summed E-state index contributed by atoms with van der Waals surface area (Å²) in [5, 5.41) is 3.81. The van der Waals surface area contributed by atoms with Crippen LogP contribution < -0.4 is 0 Å². The number of aromatic nitrogens is 2. The van der Waals surface area contributed by atoms with Crippen LogP contribution in [0.2, 0.25) is 0 Å². The number of rotatable bonds is 1. The molecule has 0 atom stereocenters. The van der Waals surface area contributed by atoms with Crippen molar-refractivity contribution in [1.82, 2.24) is 9.97 Å². The van der Waals surface area contributed by atoms with Crippen LogP contribution in [-0.4, -0.2) is 9.97 Å². The summed E-state index contributed by atoms with van der Waals surface area (Å²) in [6, 6.07) is 49.6. The summed E-state index contributed by atoms with van der Waals surface area (Å²) in [6.45, 7) is 0. The van der Waals surface area contributed by atoms with Gasteiger partial charge in [0.2, 0.25) is 0 Å². The number of aromatic amines is 1. The van der Waals surface area contributed by atoms with E-state index in [4.69, 9.17) is 0 Å². The molecule has 0 aliphatic carbocycles. The Balaban J connectivity index is 0.000000110. The highest BCUT2D eigenvalue weighted by Crippen LogP contribution is 2.24. The molecule has 0 unspecified atom stereocenters. The van der Waals surface area contributed by atoms with Crippen LogP contribution >= 0.6 is 0 Å². The number of H-pyrrole nitrogens is 1. The first-order valence-corrected chi connectivity index (χ1v) is 11.7. The van der Waals surface area contributed by atoms with Crippen molar-refractivity contribution in [1.29, 1.82) is 0 Å². The van der Waals surface area contributed by atoms with E-state index < -0.39 is 0 Å². The third-order valence-corrected chi connectivity index (χ3v) is 5.81. The molecule has 1 N–H and O–H groups in total. The number of benzene rings is 5. The summed E-state index contributed by atoms with van der Waals surface area (Å²) >= 11 is 0. The van der Waals surface area contributed by atoms with Gasteiger partial charge in [0.1, 0.15) is 0 Å². The second-order valence-electron chi connectivity index (χ2n) is 8.14. The maximum absolute atomic E-state index is 4.18. The molecule has 0 aliphatic rings. The van der Waals surface area contributed by atoms with Crippen molar-refractivity contribution >= 4 is 32.7 Å². The van der Waals surface area contributed by atoms with Gasteiger partial charge in [-0.15, -0.1) is 0 Å². The van der Waals surface area contributed by atoms with Gasteiger partial charge in [0.15, 0.2) is 0 Å². The molecule has 0 saturated heterocycles. The SMILES string of the molecule is c1ccc(-c2ccccc2)cc1.c1ccc2c(c1)[nH]c1ccccc12.c1ccc2ncccc2c1. The third kappa shape index (κ3) is 5.45. The molecule has 2 nitrogen and oxygen atoms in total. The Morgan fingerprint density at radius 3 is 1.43 bits per heavy atom. The van der Waals surface area contributed by atoms with Crippen LogP contribution in [0.4, 0.5) is 0 Å². The maximum atomic E-state index is 4.18. The van der Waals surface area contributed by atoms with Crippen LogP contribution in [0.15, 0.2) is 152 Å². The smallest absolute Gasteiger partial charge is 0.0701 e. The molecule has 7 aromatic rings. The molecular formula is C33H26N2. The summed E-state index contributed by atoms with van der Waals surface area (Å²) in [5.41, 5.74) is 6.04. The van der Waals surface area contributed by atoms with Crippen molar-refractivity contribution < 1.29 is 0 Å². The number of para-hydroxylation sites is 3. The minimum absolute atomic E-state index is 1.06. The molecule has 2 heterocycles. The molecule has 35 heavy (non-hydrogen) atoms. The lowest BCUT2D eigenvalue weighted by Gasteiger charge is -1.98. The summed E-state index contributed by atoms with van der Waals surface area (Å²) in [4.78, 5) is 7.56. The van der Waals surface area contributed by atoms with Gasteiger partial charge in [-0.1, -0.05) is 121 Å². The molecule has 168 valence electrons. The second-order valence-corrected chi connectivity index (χ2v) is 8.14. The first-order chi connectivity index (χ1) is 17.4. The lowest BCUT2D eigenvalue weighted by molar-refractivity contribution is 1.41. The normalized spacial score (nSPS) is 10.3. The van der Waals surface area contributed by atoms with E-state index >= 15 is 0 Å². The predicted molar refractivity (Wildman–Crippen MR) is 149 cm³/mol. The van der Waals surface area contributed by atoms with Crippen molar-refractivity contribution in [3.8, 4) is 11.1 Å². The van der Waals surface area contributed by atoms with E-state index in [1.807, 2.05) is 42.6 Å². The van der Waals surface area contributed by atoms with Gasteiger partial charge in [-0.2, -0.15) is 0 Å². The second kappa shape index (κ2) is 11.0. The third-order valence-electron chi connectivity index (χ3n) is 5.81. The standard InChI is InChI=1S/C12H9N.C12H10.C9H7N/c1-3-7-11-9(5-1)10-6-2-4-8-12(10)13-11;1-3-7-11(8-4-1)12-9-5-2-6-10-12;1-2-6-9-8(4-1)5-3-7-10-9/h1-8,13H;1-10H;1-7H. The van der Waals surface area contributed by atoms with Crippen LogP contribution in [-0.2, 0) is 0 Å². The minimum Gasteiger partial charge on any atom is -0.355 e. The molecule has 0 radical (unpaired) electrons. The van der Waals surface area contributed by atoms with Gasteiger partial charge in [-0.05, 0) is 35.4 Å². The molecule has 0 amide bonds. The Morgan fingerprint density at radius 1 is 0.400 bits per heavy atom. The van der Waals surface area contributed by atoms with Crippen molar-refractivity contribution in [2.24, 2.45) is 0 Å². The van der Waals surface area contributed by atoms with Gasteiger partial charge in [0.05, 0.1) is 5.52 Å². The number of nitrogens with one attached hydrogen (secondary N) is 1. The number of pyridine rings is 1. The number of hydrogen-bond donors (Lipinski definition) is 1. The molecule has 2 aromatic heterocycles. The van der Waals surface area contributed by atoms with Crippen molar-refractivity contribution in [3.63, 3.8) is 0 Å². The Bertz CT molecular complexity index is 1480. The van der Waals surface area contributed by atoms with Gasteiger partial charge >= 0.3 is 0 Å². The van der Waals surface area contributed by atoms with Crippen LogP contribution in [0.3, 0.4) is 0 Å². The molecule has 5 aromatic carbocycles. The van der Waals surface area contributed by atoms with Gasteiger partial charge in [-0.3, -0.25) is 4.98 Å². The molecule has 0 saturated carbocycles. The van der Waals surface area contributed by atoms with E-state index in [-0.39, 0.29) is 0 Å². The topological polar surface area (TPSA) is 28.7 Å². The predicted octanol–water partition coefficient (Wildman–Crippen LogP) is 8.91. The number of hydrogen-bond acceptors (Lipinski definition) is 1. The fraction of sp³-hybridized carbons (Fsp3) is 0. The highest BCUT2D eigenvalue weighted by molar-refractivity contribution is 6.06. The zero-order valence-electron chi connectivity index (χ0n) is 19.4. The Labute approximate surface area is 205 Å². The summed E-state index contributed by atoms with van der Waals surface area (Å²) in [7, 11) is 0. The minimum atomic E-state index is 1.06. The van der Waals surface area contributed by atoms with Crippen LogP contribution in [0.5, 0.6) is 0 Å². The molecule has 0 fully saturated rings. The van der Waals surface area contributed by atoms with E-state index in [9.17, 15) is 0 Å². The largest absolute Gasteiger partial charge is 0.355 e. The fourth-order valence-corrected chi connectivity index (χ4v) is 4.08. The van der Waals surface area contributed by atoms with Gasteiger partial charge in [-0.25, -0.2) is 0 Å². The molecular weight excluding hydrogens is 424 g/mol. The molecule has 2 heteroatoms. The summed E-state index contributed by atoms with van der Waals surface area (Å²) in [6.07, 6.45) is 1.81. The maximum Gasteiger partial charge on any atom is 0.0701 e. The lowest BCUT2D eigenvalue weighted by Crippen LogP contribution is -1.73. The average molecular weight is 451 g/mol. The fourth-order valence-electron chi connectivity index (χ4n) is 4.08. The summed E-state index contributed by atoms with van der Waals surface area (Å²) in [5.74, 6) is 0. The first-order valence-electron chi connectivity index (χ1n) is 11.7. The van der Waals surface area contributed by atoms with Crippen molar-refractivity contribution in [2.45, 2.75) is 0 Å². The zero-order chi connectivity index (χ0) is 23.7. The monoisotopic (exact) mass is 450 g/mol. The molecule has 0 aliphatic heterocycles. The van der Waals surface area contributed by atoms with Crippen LogP contribution in [0.1, 0.15) is 0 Å². The lowest BCUT2D eigenvalue weighted by atomic mass is 10.1. The van der Waals surface area contributed by atoms with Crippen LogP contribution in [0.25, 0.3) is 43.8 Å². The highest BCUT2D eigenvalue weighted by atomic mass is 14.7. The number of fused-ring (bicyclic) bond motifs is 4. The average Bonchev–Trinajstić information content (AvgIpc) is 3.34. The van der Waals surface area contributed by atoms with Crippen LogP contribution in [0, 0.1) is 0 Å². The van der Waals surface area contributed by atoms with E-state index in [1.165, 1.54) is 38.3 Å². The Kier molecular flexibility index (Phi) is 6.92. The Hall–Kier alpha value is -4.69. The van der Waals surface area contributed by atoms with Gasteiger partial charge in [0.25, 0.3) is 0 Å². The van der Waals surface area contributed by atoms with Crippen molar-refractivity contribution in [3.05, 3.63) is 152 Å². The Morgan fingerprint density at radius 2 is 0.857 bits per heavy atom. The summed E-state index contributed by atoms with van der Waals surface area (Å²) < 4.78 is 0. The quantitative estimate of drug-likeness (QED) is 0.266. The number of nitrogens with zero attached hydrogens (tertiary/aromatic N) is 1. The van der Waals surface area contributed by atoms with Gasteiger partial charge < -0.3 is 4.98 Å². The molecule has 0 spiro atoms. The molecule has 0 bridgehead atoms. The molecule has 7 rings (SSSR count). The van der Waals surface area contributed by atoms with E-state index in [0.29, 0.717) is 0 Å². The first kappa shape index (κ1) is 22.1. The highest BCUT2D eigenvalue weighted by Gasteiger charge is 2.00. The van der Waals surface area contributed by atoms with Gasteiger partial charge in [0, 0.05) is 33.4 Å².